The minimum atomic E-state index is -0.400. The van der Waals surface area contributed by atoms with E-state index < -0.39 is 11.5 Å². The highest BCUT2D eigenvalue weighted by Gasteiger charge is 2.36. The third kappa shape index (κ3) is 5.81. The lowest BCUT2D eigenvalue weighted by Gasteiger charge is -2.20. The van der Waals surface area contributed by atoms with Crippen molar-refractivity contribution < 1.29 is 14.0 Å². The monoisotopic (exact) mass is 576 g/mol. The van der Waals surface area contributed by atoms with Crippen LogP contribution in [0.2, 0.25) is 0 Å². The Bertz CT molecular complexity index is 1630. The molecule has 4 bridgehead atoms. The van der Waals surface area contributed by atoms with E-state index in [1.54, 1.807) is 47.5 Å². The smallest absolute Gasteiger partial charge is 0.263 e. The Kier molecular flexibility index (Phi) is 7.45. The van der Waals surface area contributed by atoms with Crippen LogP contribution in [0.3, 0.4) is 0 Å². The first kappa shape index (κ1) is 27.0. The molecule has 2 atom stereocenters. The van der Waals surface area contributed by atoms with Crippen LogP contribution >= 0.6 is 11.3 Å². The zero-order valence-corrected chi connectivity index (χ0v) is 23.3. The Morgan fingerprint density at radius 2 is 1.95 bits per heavy atom. The van der Waals surface area contributed by atoms with Crippen molar-refractivity contribution >= 4 is 23.2 Å². The fourth-order valence-electron chi connectivity index (χ4n) is 5.43. The maximum absolute atomic E-state index is 13.3. The number of carbonyl (C=O) groups is 2. The number of fused-ring (bicyclic) bond motifs is 6. The number of aromatic nitrogens is 5. The molecule has 212 valence electrons. The highest BCUT2D eigenvalue weighted by atomic mass is 32.1. The molecule has 11 nitrogen and oxygen atoms in total. The molecule has 2 amide bonds. The standard InChI is InChI=1S/C28H29FN8O3S/c1-34-10-8-30-25(38)11-19-12-35(16-26-31-23(17-41-26)18-4-6-20(29)7-5-18)15-24(19)37-14-21(32-33-37)13-36-9-2-3-22(27(34)39)28(36)40/h2-7,9,14,17,19,24H,8,10-13,15-16H2,1H3,(H,30,38)/t19-,24+/m0/s1. The summed E-state index contributed by atoms with van der Waals surface area (Å²) in [6.07, 6.45) is 3.75. The first-order valence-corrected chi connectivity index (χ1v) is 14.3. The quantitative estimate of drug-likeness (QED) is 0.397. The van der Waals surface area contributed by atoms with Crippen molar-refractivity contribution in [3.8, 4) is 11.3 Å². The molecule has 1 aromatic carbocycles. The van der Waals surface area contributed by atoms with Crippen molar-refractivity contribution in [2.75, 3.05) is 33.2 Å². The molecule has 1 fully saturated rings. The van der Waals surface area contributed by atoms with Crippen LogP contribution in [0.4, 0.5) is 4.39 Å². The molecule has 1 N–H and O–H groups in total. The summed E-state index contributed by atoms with van der Waals surface area (Å²) in [4.78, 5) is 47.4. The van der Waals surface area contributed by atoms with E-state index in [-0.39, 0.29) is 48.9 Å². The molecule has 41 heavy (non-hydrogen) atoms. The summed E-state index contributed by atoms with van der Waals surface area (Å²) in [6, 6.07) is 9.37. The molecule has 13 heteroatoms. The van der Waals surface area contributed by atoms with Crippen molar-refractivity contribution in [1.82, 2.24) is 39.7 Å². The van der Waals surface area contributed by atoms with Gasteiger partial charge in [0.2, 0.25) is 5.91 Å². The molecule has 6 rings (SSSR count). The third-order valence-corrected chi connectivity index (χ3v) is 8.41. The predicted molar refractivity (Wildman–Crippen MR) is 150 cm³/mol. The van der Waals surface area contributed by atoms with Crippen molar-refractivity contribution in [3.63, 3.8) is 0 Å². The van der Waals surface area contributed by atoms with E-state index in [4.69, 9.17) is 4.98 Å². The highest BCUT2D eigenvalue weighted by molar-refractivity contribution is 7.09. The lowest BCUT2D eigenvalue weighted by molar-refractivity contribution is -0.122. The van der Waals surface area contributed by atoms with Crippen LogP contribution in [0.1, 0.15) is 33.5 Å². The number of halogens is 1. The number of rotatable bonds is 3. The van der Waals surface area contributed by atoms with Crippen LogP contribution < -0.4 is 10.9 Å². The van der Waals surface area contributed by atoms with E-state index in [1.807, 2.05) is 11.6 Å². The van der Waals surface area contributed by atoms with Crippen molar-refractivity contribution in [1.29, 1.82) is 0 Å². The number of likely N-dealkylation sites (N-methyl/N-ethyl adjacent to an activating group) is 1. The van der Waals surface area contributed by atoms with Gasteiger partial charge in [0.05, 0.1) is 31.0 Å². The van der Waals surface area contributed by atoms with Crippen molar-refractivity contribution in [2.24, 2.45) is 5.92 Å². The van der Waals surface area contributed by atoms with Crippen LogP contribution in [0.25, 0.3) is 11.3 Å². The van der Waals surface area contributed by atoms with E-state index in [0.29, 0.717) is 31.7 Å². The van der Waals surface area contributed by atoms with Gasteiger partial charge in [0.25, 0.3) is 11.5 Å². The summed E-state index contributed by atoms with van der Waals surface area (Å²) in [5.41, 5.74) is 1.92. The molecule has 5 heterocycles. The first-order chi connectivity index (χ1) is 19.8. The molecule has 0 radical (unpaired) electrons. The zero-order chi connectivity index (χ0) is 28.5. The SMILES string of the molecule is CN1CCNC(=O)C[C@H]2CN(Cc3nc(-c4ccc(F)cc4)cs3)C[C@H]2n2cc(nn2)Cn2cccc(c2=O)C1=O. The van der Waals surface area contributed by atoms with Crippen molar-refractivity contribution in [3.05, 3.63) is 86.6 Å². The molecule has 1 saturated heterocycles. The molecule has 4 aromatic rings. The number of nitrogens with zero attached hydrogens (tertiary/aromatic N) is 7. The molecule has 3 aromatic heterocycles. The van der Waals surface area contributed by atoms with Gasteiger partial charge in [-0.3, -0.25) is 19.3 Å². The van der Waals surface area contributed by atoms with Crippen LogP contribution in [-0.2, 0) is 17.9 Å². The van der Waals surface area contributed by atoms with Gasteiger partial charge in [0.15, 0.2) is 0 Å². The summed E-state index contributed by atoms with van der Waals surface area (Å²) < 4.78 is 16.6. The van der Waals surface area contributed by atoms with Gasteiger partial charge >= 0.3 is 0 Å². The minimum absolute atomic E-state index is 0.0283. The van der Waals surface area contributed by atoms with Gasteiger partial charge in [-0.05, 0) is 36.4 Å². The second-order valence-electron chi connectivity index (χ2n) is 10.5. The summed E-state index contributed by atoms with van der Waals surface area (Å²) in [5, 5.41) is 14.5. The zero-order valence-electron chi connectivity index (χ0n) is 22.4. The Balaban J connectivity index is 1.24. The fourth-order valence-corrected chi connectivity index (χ4v) is 6.27. The fraction of sp³-hybridized carbons (Fsp3) is 0.357. The van der Waals surface area contributed by atoms with Gasteiger partial charge in [-0.15, -0.1) is 16.4 Å². The van der Waals surface area contributed by atoms with Crippen molar-refractivity contribution in [2.45, 2.75) is 25.6 Å². The van der Waals surface area contributed by atoms with Crippen LogP contribution in [0.5, 0.6) is 0 Å². The van der Waals surface area contributed by atoms with Gasteiger partial charge in [-0.1, -0.05) is 5.21 Å². The lowest BCUT2D eigenvalue weighted by Crippen LogP contribution is -2.39. The van der Waals surface area contributed by atoms with E-state index in [2.05, 4.69) is 20.5 Å². The number of carbonyl (C=O) groups excluding carboxylic acids is 2. The van der Waals surface area contributed by atoms with Gasteiger partial charge < -0.3 is 14.8 Å². The molecular formula is C28H29FN8O3S. The normalized spacial score (nSPS) is 20.2. The number of thiazole rings is 1. The number of benzene rings is 1. The van der Waals surface area contributed by atoms with Crippen LogP contribution in [0.15, 0.2) is 59.0 Å². The Hall–Kier alpha value is -4.23. The summed E-state index contributed by atoms with van der Waals surface area (Å²) in [6.45, 7) is 2.66. The second-order valence-corrected chi connectivity index (χ2v) is 11.4. The predicted octanol–water partition coefficient (Wildman–Crippen LogP) is 2.02. The number of hydrogen-bond acceptors (Lipinski definition) is 8. The molecule has 0 spiro atoms. The minimum Gasteiger partial charge on any atom is -0.354 e. The maximum atomic E-state index is 13.3. The number of hydrogen-bond donors (Lipinski definition) is 1. The molecule has 0 saturated carbocycles. The summed E-state index contributed by atoms with van der Waals surface area (Å²) in [7, 11) is 1.62. The number of nitrogens with one attached hydrogen (secondary N) is 1. The Labute approximate surface area is 239 Å². The van der Waals surface area contributed by atoms with E-state index >= 15 is 0 Å². The summed E-state index contributed by atoms with van der Waals surface area (Å²) in [5.74, 6) is -0.817. The largest absolute Gasteiger partial charge is 0.354 e. The molecule has 2 aliphatic heterocycles. The molecule has 0 aliphatic carbocycles. The topological polar surface area (TPSA) is 118 Å². The number of pyridine rings is 1. The molecular weight excluding hydrogens is 547 g/mol. The second kappa shape index (κ2) is 11.3. The summed E-state index contributed by atoms with van der Waals surface area (Å²) >= 11 is 1.55. The third-order valence-electron chi connectivity index (χ3n) is 7.58. The van der Waals surface area contributed by atoms with E-state index in [9.17, 15) is 18.8 Å². The van der Waals surface area contributed by atoms with E-state index in [1.165, 1.54) is 27.7 Å². The average Bonchev–Trinajstić information content (AvgIpc) is 3.70. The number of amides is 2. The lowest BCUT2D eigenvalue weighted by atomic mass is 9.99. The molecule has 2 aliphatic rings. The van der Waals surface area contributed by atoms with Gasteiger partial charge in [-0.25, -0.2) is 14.1 Å². The van der Waals surface area contributed by atoms with Crippen LogP contribution in [-0.4, -0.2) is 79.4 Å². The maximum Gasteiger partial charge on any atom is 0.263 e. The van der Waals surface area contributed by atoms with Gasteiger partial charge in [-0.2, -0.15) is 0 Å². The van der Waals surface area contributed by atoms with Crippen LogP contribution in [0, 0.1) is 11.7 Å². The van der Waals surface area contributed by atoms with Gasteiger partial charge in [0, 0.05) is 62.7 Å². The number of likely N-dealkylation sites (tertiary alicyclic amines) is 1. The average molecular weight is 577 g/mol. The first-order valence-electron chi connectivity index (χ1n) is 13.4. The van der Waals surface area contributed by atoms with Gasteiger partial charge in [0.1, 0.15) is 22.1 Å². The Morgan fingerprint density at radius 3 is 2.78 bits per heavy atom. The van der Waals surface area contributed by atoms with E-state index in [0.717, 1.165) is 16.3 Å². The molecule has 0 unspecified atom stereocenters. The Morgan fingerprint density at radius 1 is 1.12 bits per heavy atom. The highest BCUT2D eigenvalue weighted by Crippen LogP contribution is 2.32.